The Labute approximate surface area is 219 Å². The molecule has 0 saturated heterocycles. The van der Waals surface area contributed by atoms with E-state index in [9.17, 15) is 31.1 Å². The van der Waals surface area contributed by atoms with Crippen molar-refractivity contribution < 1.29 is 31.1 Å². The van der Waals surface area contributed by atoms with Crippen LogP contribution in [0.15, 0.2) is 83.1 Å². The average Bonchev–Trinajstić information content (AvgIpc) is 2.86. The number of carbonyl (C=O) groups is 1. The minimum atomic E-state index is -4.63. The Bertz CT molecular complexity index is 1110. The van der Waals surface area contributed by atoms with Gasteiger partial charge in [-0.25, -0.2) is 13.2 Å². The van der Waals surface area contributed by atoms with Crippen LogP contribution in [0.4, 0.5) is 26.3 Å². The second-order valence-electron chi connectivity index (χ2n) is 8.44. The molecule has 0 fully saturated rings. The number of aryl methyl sites for hydroxylation is 1. The highest BCUT2D eigenvalue weighted by molar-refractivity contribution is 5.83. The second-order valence-corrected chi connectivity index (χ2v) is 8.44. The molecule has 0 radical (unpaired) electrons. The van der Waals surface area contributed by atoms with Crippen LogP contribution in [0.5, 0.6) is 0 Å². The lowest BCUT2D eigenvalue weighted by atomic mass is 9.91. The molecule has 0 spiro atoms. The molecule has 2 N–H and O–H groups in total. The van der Waals surface area contributed by atoms with Gasteiger partial charge >= 0.3 is 6.18 Å². The summed E-state index contributed by atoms with van der Waals surface area (Å²) in [5.41, 5.74) is 0.530. The molecule has 0 aliphatic carbocycles. The van der Waals surface area contributed by atoms with E-state index in [1.165, 1.54) is 31.3 Å². The fourth-order valence-corrected chi connectivity index (χ4v) is 3.27. The number of allylic oxidation sites excluding steroid dienone is 8. The Hall–Kier alpha value is -3.40. The predicted octanol–water partition coefficient (Wildman–Crippen LogP) is 7.08. The maximum absolute atomic E-state index is 13.9. The quantitative estimate of drug-likeness (QED) is 0.159. The van der Waals surface area contributed by atoms with Gasteiger partial charge in [0.1, 0.15) is 23.4 Å². The van der Waals surface area contributed by atoms with Crippen LogP contribution in [-0.2, 0) is 4.79 Å². The van der Waals surface area contributed by atoms with E-state index in [-0.39, 0.29) is 24.2 Å². The first-order chi connectivity index (χ1) is 17.8. The van der Waals surface area contributed by atoms with Gasteiger partial charge in [0.15, 0.2) is 5.83 Å². The number of hydrogen-bond donors (Lipinski definition) is 2. The molecule has 0 bridgehead atoms. The van der Waals surface area contributed by atoms with Gasteiger partial charge < -0.3 is 10.6 Å². The van der Waals surface area contributed by atoms with Crippen molar-refractivity contribution in [2.75, 3.05) is 13.6 Å². The van der Waals surface area contributed by atoms with Crippen LogP contribution in [0.2, 0.25) is 0 Å². The lowest BCUT2D eigenvalue weighted by Gasteiger charge is -2.22. The van der Waals surface area contributed by atoms with Crippen LogP contribution < -0.4 is 10.6 Å². The first-order valence-corrected chi connectivity index (χ1v) is 11.8. The normalized spacial score (nSPS) is 15.3. The highest BCUT2D eigenvalue weighted by Crippen LogP contribution is 2.27. The Morgan fingerprint density at radius 3 is 2.45 bits per heavy atom. The number of nitrogens with zero attached hydrogens (tertiary/aromatic N) is 1. The Morgan fingerprint density at radius 2 is 1.89 bits per heavy atom. The molecule has 2 atom stereocenters. The van der Waals surface area contributed by atoms with Crippen molar-refractivity contribution >= 4 is 12.1 Å². The summed E-state index contributed by atoms with van der Waals surface area (Å²) in [6.07, 6.45) is 3.97. The van der Waals surface area contributed by atoms with E-state index in [4.69, 9.17) is 0 Å². The third kappa shape index (κ3) is 11.3. The molecule has 10 heteroatoms. The summed E-state index contributed by atoms with van der Waals surface area (Å²) in [4.78, 5) is 15.8. The van der Waals surface area contributed by atoms with Gasteiger partial charge in [0.25, 0.3) is 0 Å². The first-order valence-electron chi connectivity index (χ1n) is 11.8. The number of hydrogen-bond acceptors (Lipinski definition) is 3. The molecule has 4 nitrogen and oxygen atoms in total. The molecular formula is C28H33F6N3O. The summed E-state index contributed by atoms with van der Waals surface area (Å²) in [5.74, 6) is -3.02. The summed E-state index contributed by atoms with van der Waals surface area (Å²) in [7, 11) is 1.45. The maximum atomic E-state index is 13.9. The molecule has 1 rings (SSSR count). The van der Waals surface area contributed by atoms with E-state index in [1.54, 1.807) is 32.1 Å². The van der Waals surface area contributed by atoms with Gasteiger partial charge in [-0.05, 0) is 68.4 Å². The van der Waals surface area contributed by atoms with Crippen molar-refractivity contribution in [3.63, 3.8) is 0 Å². The van der Waals surface area contributed by atoms with Gasteiger partial charge in [0.2, 0.25) is 5.91 Å². The SMILES string of the molecule is C=C(N=C/C(=C\C)CC[C@@H](CN[C@H](/C=C/C=C\C(F)=C(/C)F)C(=O)NC)c1ccc(F)c(C)c1)C(F)(F)F. The molecule has 1 aromatic carbocycles. The standard InChI is InChI=1S/C28H33F6N3O/c1-6-21(16-36-20(4)28(32,33)34)11-12-23(22-13-14-24(30)18(2)15-22)17-37-26(27(38)35-5)10-8-7-9-25(31)19(3)29/h6-10,13-16,23,26,37H,4,11-12,17H2,1-3,5H3,(H,35,38)/b9-7-,10-8+,21-6-,25-19-,36-16?/t23-,26+/m0/s1. The molecule has 38 heavy (non-hydrogen) atoms. The van der Waals surface area contributed by atoms with Gasteiger partial charge in [0, 0.05) is 19.8 Å². The largest absolute Gasteiger partial charge is 0.432 e. The molecule has 1 amide bonds. The van der Waals surface area contributed by atoms with Gasteiger partial charge in [-0.2, -0.15) is 13.2 Å². The zero-order valence-electron chi connectivity index (χ0n) is 21.8. The molecule has 0 heterocycles. The fraction of sp³-hybridized carbons (Fsp3) is 0.357. The summed E-state index contributed by atoms with van der Waals surface area (Å²) in [6, 6.07) is 3.80. The monoisotopic (exact) mass is 541 g/mol. The van der Waals surface area contributed by atoms with Crippen molar-refractivity contribution in [2.24, 2.45) is 4.99 Å². The molecule has 208 valence electrons. The zero-order chi connectivity index (χ0) is 28.9. The van der Waals surface area contributed by atoms with Crippen LogP contribution in [0, 0.1) is 12.7 Å². The number of carbonyl (C=O) groups excluding carboxylic acids is 1. The molecule has 1 aromatic rings. The van der Waals surface area contributed by atoms with Crippen molar-refractivity contribution in [1.29, 1.82) is 0 Å². The Balaban J connectivity index is 3.11. The highest BCUT2D eigenvalue weighted by atomic mass is 19.4. The van der Waals surface area contributed by atoms with E-state index < -0.39 is 29.6 Å². The summed E-state index contributed by atoms with van der Waals surface area (Å²) < 4.78 is 78.2. The van der Waals surface area contributed by atoms with Gasteiger partial charge in [-0.3, -0.25) is 9.79 Å². The molecule has 0 aromatic heterocycles. The molecule has 0 unspecified atom stereocenters. The van der Waals surface area contributed by atoms with Crippen molar-refractivity contribution in [2.45, 2.75) is 51.7 Å². The average molecular weight is 542 g/mol. The molecule has 0 aliphatic rings. The number of amides is 1. The second kappa shape index (κ2) is 15.8. The lowest BCUT2D eigenvalue weighted by molar-refractivity contribution is -0.121. The minimum Gasteiger partial charge on any atom is -0.358 e. The minimum absolute atomic E-state index is 0.248. The number of benzene rings is 1. The number of aliphatic imine (C=N–C) groups is 1. The molecule has 0 aliphatic heterocycles. The van der Waals surface area contributed by atoms with Crippen LogP contribution >= 0.6 is 0 Å². The Morgan fingerprint density at radius 1 is 1.21 bits per heavy atom. The first kappa shape index (κ1) is 32.6. The summed E-state index contributed by atoms with van der Waals surface area (Å²) in [5, 5.41) is 5.62. The van der Waals surface area contributed by atoms with Crippen LogP contribution in [-0.4, -0.2) is 37.9 Å². The topological polar surface area (TPSA) is 53.5 Å². The fourth-order valence-electron chi connectivity index (χ4n) is 3.27. The van der Waals surface area contributed by atoms with E-state index in [2.05, 4.69) is 22.2 Å². The number of likely N-dealkylation sites (N-methyl/N-ethyl adjacent to an activating group) is 1. The highest BCUT2D eigenvalue weighted by Gasteiger charge is 2.31. The van der Waals surface area contributed by atoms with E-state index >= 15 is 0 Å². The summed E-state index contributed by atoms with van der Waals surface area (Å²) >= 11 is 0. The van der Waals surface area contributed by atoms with Gasteiger partial charge in [-0.1, -0.05) is 43.0 Å². The predicted molar refractivity (Wildman–Crippen MR) is 140 cm³/mol. The molecule has 0 saturated carbocycles. The third-order valence-corrected chi connectivity index (χ3v) is 5.62. The van der Waals surface area contributed by atoms with Crippen molar-refractivity contribution in [1.82, 2.24) is 10.6 Å². The summed E-state index contributed by atoms with van der Waals surface area (Å²) in [6.45, 7) is 7.45. The maximum Gasteiger partial charge on any atom is 0.432 e. The van der Waals surface area contributed by atoms with Crippen molar-refractivity contribution in [3.8, 4) is 0 Å². The lowest BCUT2D eigenvalue weighted by Crippen LogP contribution is -2.43. The smallest absolute Gasteiger partial charge is 0.358 e. The Kier molecular flexibility index (Phi) is 13.5. The van der Waals surface area contributed by atoms with Crippen LogP contribution in [0.1, 0.15) is 43.7 Å². The van der Waals surface area contributed by atoms with E-state index in [1.807, 2.05) is 0 Å². The van der Waals surface area contributed by atoms with Crippen LogP contribution in [0.25, 0.3) is 0 Å². The molecular weight excluding hydrogens is 508 g/mol. The van der Waals surface area contributed by atoms with E-state index in [0.717, 1.165) is 24.8 Å². The van der Waals surface area contributed by atoms with Crippen molar-refractivity contribution in [3.05, 3.63) is 95.0 Å². The number of nitrogens with one attached hydrogen (secondary N) is 2. The number of rotatable bonds is 13. The number of alkyl halides is 3. The van der Waals surface area contributed by atoms with Gasteiger partial charge in [0.05, 0.1) is 0 Å². The van der Waals surface area contributed by atoms with Crippen LogP contribution in [0.3, 0.4) is 0 Å². The number of halogens is 6. The third-order valence-electron chi connectivity index (χ3n) is 5.62. The van der Waals surface area contributed by atoms with E-state index in [0.29, 0.717) is 24.0 Å². The van der Waals surface area contributed by atoms with Gasteiger partial charge in [-0.15, -0.1) is 0 Å². The zero-order valence-corrected chi connectivity index (χ0v) is 21.8.